The zero-order valence-electron chi connectivity index (χ0n) is 11.6. The Morgan fingerprint density at radius 2 is 1.95 bits per heavy atom. The summed E-state index contributed by atoms with van der Waals surface area (Å²) in [7, 11) is 0.499. The quantitative estimate of drug-likeness (QED) is 0.670. The summed E-state index contributed by atoms with van der Waals surface area (Å²) in [6, 6.07) is 6.26. The minimum atomic E-state index is -4.74. The van der Waals surface area contributed by atoms with E-state index in [0.29, 0.717) is 14.3 Å². The van der Waals surface area contributed by atoms with Gasteiger partial charge < -0.3 is 5.32 Å². The van der Waals surface area contributed by atoms with Crippen molar-refractivity contribution in [1.82, 2.24) is 4.98 Å². The van der Waals surface area contributed by atoms with Crippen molar-refractivity contribution in [3.63, 3.8) is 0 Å². The van der Waals surface area contributed by atoms with Crippen LogP contribution in [0.2, 0.25) is 0 Å². The van der Waals surface area contributed by atoms with Gasteiger partial charge in [0.05, 0.1) is 11.0 Å². The smallest absolute Gasteiger partial charge is 0.355 e. The molecule has 1 unspecified atom stereocenters. The molecule has 0 saturated carbocycles. The van der Waals surface area contributed by atoms with Crippen LogP contribution in [0, 0.1) is 5.82 Å². The average molecular weight is 328 g/mol. The third kappa shape index (κ3) is 3.83. The molecule has 2 rings (SSSR count). The maximum atomic E-state index is 13.3. The molecule has 116 valence electrons. The second-order valence-corrected chi connectivity index (χ2v) is 5.49. The van der Waals surface area contributed by atoms with Gasteiger partial charge in [0.15, 0.2) is 0 Å². The monoisotopic (exact) mass is 328 g/mol. The van der Waals surface area contributed by atoms with Crippen LogP contribution in [0.1, 0.15) is 11.1 Å². The highest BCUT2D eigenvalue weighted by molar-refractivity contribution is 7.45. The number of anilines is 1. The van der Waals surface area contributed by atoms with Crippen molar-refractivity contribution in [3.8, 4) is 0 Å². The van der Waals surface area contributed by atoms with Crippen molar-refractivity contribution in [1.29, 1.82) is 0 Å². The molecule has 0 saturated heterocycles. The lowest BCUT2D eigenvalue weighted by Gasteiger charge is -2.13. The summed E-state index contributed by atoms with van der Waals surface area (Å²) in [5, 5.41) is 2.91. The summed E-state index contributed by atoms with van der Waals surface area (Å²) >= 11 is 0. The maximum Gasteiger partial charge on any atom is 0.419 e. The molecule has 0 aliphatic rings. The van der Waals surface area contributed by atoms with Crippen LogP contribution in [0.5, 0.6) is 0 Å². The molecule has 0 aliphatic heterocycles. The van der Waals surface area contributed by atoms with Crippen molar-refractivity contribution in [2.75, 3.05) is 12.0 Å². The molecule has 2 aromatic rings. The van der Waals surface area contributed by atoms with E-state index in [2.05, 4.69) is 16.9 Å². The average Bonchev–Trinajstić information content (AvgIpc) is 2.46. The van der Waals surface area contributed by atoms with Gasteiger partial charge in [-0.05, 0) is 42.6 Å². The highest BCUT2D eigenvalue weighted by atomic mass is 31.1. The normalized spacial score (nSPS) is 11.9. The second-order valence-electron chi connectivity index (χ2n) is 4.48. The van der Waals surface area contributed by atoms with Gasteiger partial charge in [0.25, 0.3) is 0 Å². The highest BCUT2D eigenvalue weighted by Crippen LogP contribution is 2.33. The van der Waals surface area contributed by atoms with E-state index in [9.17, 15) is 17.6 Å². The van der Waals surface area contributed by atoms with Gasteiger partial charge in [-0.2, -0.15) is 13.2 Å². The lowest BCUT2D eigenvalue weighted by Crippen LogP contribution is -2.10. The van der Waals surface area contributed by atoms with Crippen molar-refractivity contribution >= 4 is 25.4 Å². The maximum absolute atomic E-state index is 13.3. The Hall–Kier alpha value is -1.94. The Balaban J connectivity index is 2.26. The van der Waals surface area contributed by atoms with Crippen LogP contribution < -0.4 is 10.8 Å². The first kappa shape index (κ1) is 16.4. The van der Waals surface area contributed by atoms with E-state index in [4.69, 9.17) is 0 Å². The van der Waals surface area contributed by atoms with E-state index in [-0.39, 0.29) is 11.3 Å². The summed E-state index contributed by atoms with van der Waals surface area (Å²) in [5.41, 5.74) is 0.654. The summed E-state index contributed by atoms with van der Waals surface area (Å²) < 4.78 is 51.4. The Morgan fingerprint density at radius 1 is 1.23 bits per heavy atom. The predicted molar refractivity (Wildman–Crippen MR) is 82.2 cm³/mol. The third-order valence-corrected chi connectivity index (χ3v) is 3.72. The van der Waals surface area contributed by atoms with Crippen LogP contribution in [0.25, 0.3) is 5.70 Å². The Kier molecular flexibility index (Phi) is 4.81. The van der Waals surface area contributed by atoms with Crippen molar-refractivity contribution in [2.45, 2.75) is 6.18 Å². The fourth-order valence-corrected chi connectivity index (χ4v) is 2.33. The van der Waals surface area contributed by atoms with E-state index in [1.165, 1.54) is 6.07 Å². The van der Waals surface area contributed by atoms with Gasteiger partial charge in [0, 0.05) is 17.6 Å². The van der Waals surface area contributed by atoms with Gasteiger partial charge >= 0.3 is 6.18 Å². The topological polar surface area (TPSA) is 24.9 Å². The largest absolute Gasteiger partial charge is 0.419 e. The molecular weight excluding hydrogens is 315 g/mol. The van der Waals surface area contributed by atoms with Gasteiger partial charge in [0.1, 0.15) is 5.82 Å². The van der Waals surface area contributed by atoms with Crippen LogP contribution in [0.3, 0.4) is 0 Å². The van der Waals surface area contributed by atoms with Gasteiger partial charge in [-0.3, -0.25) is 4.98 Å². The number of nitrogens with one attached hydrogen (secondary N) is 1. The Morgan fingerprint density at radius 3 is 2.59 bits per heavy atom. The fraction of sp³-hybridized carbons (Fsp3) is 0.133. The standard InChI is InChI=1S/C15H13F4N2P/c1-9(21-11-5-6-20-14(8-11)22-2)10-3-4-13(16)12(7-10)15(17,18)19/h3-8,22H,1H2,2H3,(H,20,21). The van der Waals surface area contributed by atoms with E-state index < -0.39 is 17.6 Å². The lowest BCUT2D eigenvalue weighted by atomic mass is 10.1. The van der Waals surface area contributed by atoms with Gasteiger partial charge in [-0.25, -0.2) is 4.39 Å². The van der Waals surface area contributed by atoms with E-state index in [1.54, 1.807) is 18.3 Å². The molecular formula is C15H13F4N2P. The van der Waals surface area contributed by atoms with Crippen molar-refractivity contribution < 1.29 is 17.6 Å². The molecule has 1 aromatic carbocycles. The van der Waals surface area contributed by atoms with E-state index in [1.807, 2.05) is 6.66 Å². The zero-order chi connectivity index (χ0) is 16.3. The lowest BCUT2D eigenvalue weighted by molar-refractivity contribution is -0.140. The number of pyridine rings is 1. The third-order valence-electron chi connectivity index (χ3n) is 2.93. The number of aromatic nitrogens is 1. The molecule has 7 heteroatoms. The summed E-state index contributed by atoms with van der Waals surface area (Å²) in [5.74, 6) is -1.30. The fourth-order valence-electron chi connectivity index (χ4n) is 1.82. The molecule has 0 bridgehead atoms. The summed E-state index contributed by atoms with van der Waals surface area (Å²) in [4.78, 5) is 4.14. The van der Waals surface area contributed by atoms with Crippen LogP contribution >= 0.6 is 8.58 Å². The van der Waals surface area contributed by atoms with E-state index >= 15 is 0 Å². The van der Waals surface area contributed by atoms with Gasteiger partial charge in [-0.15, -0.1) is 0 Å². The van der Waals surface area contributed by atoms with Crippen molar-refractivity contribution in [3.05, 3.63) is 60.1 Å². The minimum Gasteiger partial charge on any atom is -0.355 e. The molecule has 22 heavy (non-hydrogen) atoms. The van der Waals surface area contributed by atoms with Crippen LogP contribution in [-0.2, 0) is 6.18 Å². The van der Waals surface area contributed by atoms with Crippen LogP contribution in [0.4, 0.5) is 23.2 Å². The van der Waals surface area contributed by atoms with Crippen LogP contribution in [-0.4, -0.2) is 11.6 Å². The first-order chi connectivity index (χ1) is 10.3. The second kappa shape index (κ2) is 6.44. The molecule has 0 aliphatic carbocycles. The molecule has 1 aromatic heterocycles. The summed E-state index contributed by atoms with van der Waals surface area (Å²) in [6.45, 7) is 5.68. The summed E-state index contributed by atoms with van der Waals surface area (Å²) in [6.07, 6.45) is -3.14. The molecule has 1 atom stereocenters. The van der Waals surface area contributed by atoms with Crippen LogP contribution in [0.15, 0.2) is 43.1 Å². The number of alkyl halides is 3. The van der Waals surface area contributed by atoms with E-state index in [0.717, 1.165) is 17.6 Å². The predicted octanol–water partition coefficient (Wildman–Crippen LogP) is 4.26. The molecule has 0 amide bonds. The molecule has 0 spiro atoms. The number of hydrogen-bond donors (Lipinski definition) is 1. The Labute approximate surface area is 127 Å². The Bertz CT molecular complexity index is 698. The molecule has 1 heterocycles. The number of halogens is 4. The SMILES string of the molecule is C=C(Nc1ccnc(PC)c1)c1ccc(F)c(C(F)(F)F)c1. The number of nitrogens with zero attached hydrogens (tertiary/aromatic N) is 1. The first-order valence-corrected chi connectivity index (χ1v) is 7.78. The van der Waals surface area contributed by atoms with Gasteiger partial charge in [-0.1, -0.05) is 15.2 Å². The zero-order valence-corrected chi connectivity index (χ0v) is 12.6. The van der Waals surface area contributed by atoms with Gasteiger partial charge in [0.2, 0.25) is 0 Å². The molecule has 0 fully saturated rings. The number of rotatable bonds is 4. The first-order valence-electron chi connectivity index (χ1n) is 6.28. The number of hydrogen-bond acceptors (Lipinski definition) is 2. The number of benzene rings is 1. The molecule has 2 nitrogen and oxygen atoms in total. The van der Waals surface area contributed by atoms with Crippen molar-refractivity contribution in [2.24, 2.45) is 0 Å². The highest BCUT2D eigenvalue weighted by Gasteiger charge is 2.34. The minimum absolute atomic E-state index is 0.172. The molecule has 0 radical (unpaired) electrons. The molecule has 1 N–H and O–H groups in total.